The van der Waals surface area contributed by atoms with Gasteiger partial charge in [-0.05, 0) is 31.5 Å². The first-order valence-corrected chi connectivity index (χ1v) is 6.85. The minimum absolute atomic E-state index is 0.638. The van der Waals surface area contributed by atoms with Gasteiger partial charge in [0.25, 0.3) is 0 Å². The van der Waals surface area contributed by atoms with E-state index in [1.54, 1.807) is 17.8 Å². The van der Waals surface area contributed by atoms with Crippen LogP contribution in [0.1, 0.15) is 23.7 Å². The molecule has 0 radical (unpaired) electrons. The summed E-state index contributed by atoms with van der Waals surface area (Å²) in [5.74, 6) is 0. The Balaban J connectivity index is 2.11. The molecule has 0 aliphatic carbocycles. The van der Waals surface area contributed by atoms with Crippen LogP contribution in [-0.4, -0.2) is 20.1 Å². The lowest BCUT2D eigenvalue weighted by Crippen LogP contribution is -2.26. The van der Waals surface area contributed by atoms with Crippen molar-refractivity contribution in [3.8, 4) is 5.69 Å². The van der Waals surface area contributed by atoms with Crippen molar-refractivity contribution in [3.05, 3.63) is 77.6 Å². The molecule has 0 aliphatic heterocycles. The van der Waals surface area contributed by atoms with Crippen molar-refractivity contribution in [1.29, 1.82) is 0 Å². The number of hydrogen-bond donors (Lipinski definition) is 1. The van der Waals surface area contributed by atoms with Crippen molar-refractivity contribution < 1.29 is 5.11 Å². The monoisotopic (exact) mass is 279 g/mol. The van der Waals surface area contributed by atoms with Crippen LogP contribution in [0, 0.1) is 6.92 Å². The van der Waals surface area contributed by atoms with Gasteiger partial charge in [0.1, 0.15) is 11.3 Å². The minimum Gasteiger partial charge on any atom is -0.379 e. The van der Waals surface area contributed by atoms with Crippen LogP contribution in [0.25, 0.3) is 5.69 Å². The van der Waals surface area contributed by atoms with E-state index in [9.17, 15) is 5.11 Å². The Morgan fingerprint density at radius 1 is 1.05 bits per heavy atom. The summed E-state index contributed by atoms with van der Waals surface area (Å²) < 4.78 is 1.67. The van der Waals surface area contributed by atoms with Crippen molar-refractivity contribution in [1.82, 2.24) is 15.0 Å². The maximum absolute atomic E-state index is 11.0. The lowest BCUT2D eigenvalue weighted by Gasteiger charge is -2.24. The molecule has 3 rings (SSSR count). The number of rotatable bonds is 3. The quantitative estimate of drug-likeness (QED) is 0.802. The third-order valence-corrected chi connectivity index (χ3v) is 3.63. The lowest BCUT2D eigenvalue weighted by atomic mass is 9.91. The first-order chi connectivity index (χ1) is 10.1. The van der Waals surface area contributed by atoms with Gasteiger partial charge in [0.15, 0.2) is 0 Å². The molecule has 0 aliphatic rings. The molecule has 0 saturated heterocycles. The van der Waals surface area contributed by atoms with E-state index in [0.29, 0.717) is 5.69 Å². The number of nitrogens with zero attached hydrogens (tertiary/aromatic N) is 3. The highest BCUT2D eigenvalue weighted by Gasteiger charge is 2.30. The number of aromatic nitrogens is 3. The summed E-state index contributed by atoms with van der Waals surface area (Å²) in [5.41, 5.74) is 2.27. The zero-order chi connectivity index (χ0) is 14.9. The Labute approximate surface area is 123 Å². The first kappa shape index (κ1) is 13.5. The molecule has 1 N–H and O–H groups in total. The number of hydrogen-bond acceptors (Lipinski definition) is 3. The van der Waals surface area contributed by atoms with Crippen LogP contribution in [-0.2, 0) is 5.60 Å². The highest BCUT2D eigenvalue weighted by Crippen LogP contribution is 2.30. The fourth-order valence-electron chi connectivity index (χ4n) is 2.42. The second kappa shape index (κ2) is 5.14. The normalized spacial score (nSPS) is 13.9. The zero-order valence-corrected chi connectivity index (χ0v) is 12.1. The van der Waals surface area contributed by atoms with Gasteiger partial charge in [0.05, 0.1) is 11.9 Å². The van der Waals surface area contributed by atoms with E-state index in [0.717, 1.165) is 16.8 Å². The van der Waals surface area contributed by atoms with Gasteiger partial charge in [-0.3, -0.25) is 0 Å². The Hall–Kier alpha value is -2.46. The molecule has 3 aromatic rings. The Morgan fingerprint density at radius 2 is 1.81 bits per heavy atom. The number of aryl methyl sites for hydroxylation is 1. The zero-order valence-electron chi connectivity index (χ0n) is 12.1. The molecule has 1 aromatic heterocycles. The summed E-state index contributed by atoms with van der Waals surface area (Å²) in [6.45, 7) is 3.77. The van der Waals surface area contributed by atoms with Crippen LogP contribution in [0.2, 0.25) is 0 Å². The number of benzene rings is 2. The molecule has 0 spiro atoms. The van der Waals surface area contributed by atoms with Gasteiger partial charge in [0, 0.05) is 0 Å². The summed E-state index contributed by atoms with van der Waals surface area (Å²) in [5, 5.41) is 19.1. The molecule has 1 heterocycles. The second-order valence-corrected chi connectivity index (χ2v) is 5.31. The standard InChI is InChI=1S/C17H17N3O/c1-13-7-6-8-14(11-13)17(2,21)16-12-18-19-20(16)15-9-4-3-5-10-15/h3-12,21H,1-2H3. The van der Waals surface area contributed by atoms with Gasteiger partial charge < -0.3 is 5.11 Å². The summed E-state index contributed by atoms with van der Waals surface area (Å²) in [6, 6.07) is 17.5. The van der Waals surface area contributed by atoms with Gasteiger partial charge in [-0.15, -0.1) is 5.10 Å². The molecule has 106 valence electrons. The molecule has 4 heteroatoms. The number of aliphatic hydroxyl groups is 1. The van der Waals surface area contributed by atoms with Crippen LogP contribution >= 0.6 is 0 Å². The van der Waals surface area contributed by atoms with Crippen molar-refractivity contribution in [2.45, 2.75) is 19.4 Å². The van der Waals surface area contributed by atoms with Gasteiger partial charge in [-0.25, -0.2) is 4.68 Å². The van der Waals surface area contributed by atoms with Crippen molar-refractivity contribution >= 4 is 0 Å². The van der Waals surface area contributed by atoms with Gasteiger partial charge >= 0.3 is 0 Å². The molecule has 0 amide bonds. The van der Waals surface area contributed by atoms with Gasteiger partial charge in [0.2, 0.25) is 0 Å². The molecule has 1 atom stereocenters. The van der Waals surface area contributed by atoms with Crippen LogP contribution in [0.15, 0.2) is 60.8 Å². The highest BCUT2D eigenvalue weighted by molar-refractivity contribution is 5.38. The SMILES string of the molecule is Cc1cccc(C(C)(O)c2cnnn2-c2ccccc2)c1. The average molecular weight is 279 g/mol. The molecule has 2 aromatic carbocycles. The summed E-state index contributed by atoms with van der Waals surface area (Å²) >= 11 is 0. The molecular formula is C17H17N3O. The first-order valence-electron chi connectivity index (χ1n) is 6.85. The molecule has 0 saturated carbocycles. The lowest BCUT2D eigenvalue weighted by molar-refractivity contribution is 0.0945. The van der Waals surface area contributed by atoms with E-state index < -0.39 is 5.60 Å². The molecule has 4 nitrogen and oxygen atoms in total. The maximum atomic E-state index is 11.0. The summed E-state index contributed by atoms with van der Waals surface area (Å²) in [7, 11) is 0. The van der Waals surface area contributed by atoms with E-state index >= 15 is 0 Å². The molecule has 21 heavy (non-hydrogen) atoms. The van der Waals surface area contributed by atoms with Crippen molar-refractivity contribution in [2.24, 2.45) is 0 Å². The predicted molar refractivity (Wildman–Crippen MR) is 81.2 cm³/mol. The predicted octanol–water partition coefficient (Wildman–Crippen LogP) is 2.83. The van der Waals surface area contributed by atoms with E-state index in [4.69, 9.17) is 0 Å². The molecular weight excluding hydrogens is 262 g/mol. The van der Waals surface area contributed by atoms with E-state index in [1.807, 2.05) is 61.5 Å². The fourth-order valence-corrected chi connectivity index (χ4v) is 2.42. The Morgan fingerprint density at radius 3 is 2.52 bits per heavy atom. The van der Waals surface area contributed by atoms with E-state index in [2.05, 4.69) is 10.3 Å². The highest BCUT2D eigenvalue weighted by atomic mass is 16.3. The Bertz CT molecular complexity index is 747. The maximum Gasteiger partial charge on any atom is 0.130 e. The smallest absolute Gasteiger partial charge is 0.130 e. The molecule has 0 bridgehead atoms. The van der Waals surface area contributed by atoms with Crippen LogP contribution in [0.3, 0.4) is 0 Å². The molecule has 1 unspecified atom stereocenters. The summed E-state index contributed by atoms with van der Waals surface area (Å²) in [6.07, 6.45) is 1.61. The summed E-state index contributed by atoms with van der Waals surface area (Å²) in [4.78, 5) is 0. The fraction of sp³-hybridized carbons (Fsp3) is 0.176. The molecule has 0 fully saturated rings. The topological polar surface area (TPSA) is 50.9 Å². The van der Waals surface area contributed by atoms with Crippen LogP contribution in [0.4, 0.5) is 0 Å². The van der Waals surface area contributed by atoms with Gasteiger partial charge in [-0.2, -0.15) is 0 Å². The van der Waals surface area contributed by atoms with Gasteiger partial charge in [-0.1, -0.05) is 53.2 Å². The minimum atomic E-state index is -1.16. The largest absolute Gasteiger partial charge is 0.379 e. The van der Waals surface area contributed by atoms with Crippen LogP contribution in [0.5, 0.6) is 0 Å². The third-order valence-electron chi connectivity index (χ3n) is 3.63. The van der Waals surface area contributed by atoms with E-state index in [1.165, 1.54) is 0 Å². The Kier molecular flexibility index (Phi) is 3.31. The second-order valence-electron chi connectivity index (χ2n) is 5.31. The average Bonchev–Trinajstić information content (AvgIpc) is 2.98. The number of para-hydroxylation sites is 1. The van der Waals surface area contributed by atoms with Crippen molar-refractivity contribution in [3.63, 3.8) is 0 Å². The van der Waals surface area contributed by atoms with E-state index in [-0.39, 0.29) is 0 Å². The van der Waals surface area contributed by atoms with Crippen molar-refractivity contribution in [2.75, 3.05) is 0 Å². The van der Waals surface area contributed by atoms with Crippen LogP contribution < -0.4 is 0 Å². The third kappa shape index (κ3) is 2.45.